The lowest BCUT2D eigenvalue weighted by Gasteiger charge is -2.40. The third-order valence-electron chi connectivity index (χ3n) is 3.95. The van der Waals surface area contributed by atoms with Gasteiger partial charge in [-0.25, -0.2) is 0 Å². The van der Waals surface area contributed by atoms with E-state index in [0.717, 1.165) is 25.9 Å². The SMILES string of the molecule is CCCC1(CC)C[C@H](c2ccccn2)CCO1. The van der Waals surface area contributed by atoms with Gasteiger partial charge in [0.25, 0.3) is 0 Å². The maximum atomic E-state index is 6.08. The summed E-state index contributed by atoms with van der Waals surface area (Å²) >= 11 is 0. The van der Waals surface area contributed by atoms with Crippen molar-refractivity contribution < 1.29 is 4.74 Å². The number of hydrogen-bond acceptors (Lipinski definition) is 2. The Morgan fingerprint density at radius 2 is 2.29 bits per heavy atom. The molecular formula is C15H23NO. The third-order valence-corrected chi connectivity index (χ3v) is 3.95. The first-order valence-electron chi connectivity index (χ1n) is 6.84. The summed E-state index contributed by atoms with van der Waals surface area (Å²) in [6, 6.07) is 6.23. The first-order valence-corrected chi connectivity index (χ1v) is 6.84. The minimum atomic E-state index is 0.106. The second-order valence-corrected chi connectivity index (χ2v) is 5.08. The zero-order chi connectivity index (χ0) is 12.1. The number of nitrogens with zero attached hydrogens (tertiary/aromatic N) is 1. The highest BCUT2D eigenvalue weighted by Crippen LogP contribution is 2.39. The Labute approximate surface area is 104 Å². The van der Waals surface area contributed by atoms with E-state index >= 15 is 0 Å². The molecule has 1 aromatic rings. The van der Waals surface area contributed by atoms with Crippen molar-refractivity contribution >= 4 is 0 Å². The molecule has 2 atom stereocenters. The van der Waals surface area contributed by atoms with Gasteiger partial charge in [-0.3, -0.25) is 4.98 Å². The second-order valence-electron chi connectivity index (χ2n) is 5.08. The van der Waals surface area contributed by atoms with E-state index in [2.05, 4.69) is 31.0 Å². The normalized spacial score (nSPS) is 29.2. The topological polar surface area (TPSA) is 22.1 Å². The fourth-order valence-electron chi connectivity index (χ4n) is 2.95. The molecule has 94 valence electrons. The monoisotopic (exact) mass is 233 g/mol. The number of aromatic nitrogens is 1. The fraction of sp³-hybridized carbons (Fsp3) is 0.667. The van der Waals surface area contributed by atoms with Gasteiger partial charge in [0.15, 0.2) is 0 Å². The summed E-state index contributed by atoms with van der Waals surface area (Å²) in [5, 5.41) is 0. The highest BCUT2D eigenvalue weighted by molar-refractivity contribution is 5.11. The lowest BCUT2D eigenvalue weighted by molar-refractivity contribution is -0.0937. The molecule has 2 heteroatoms. The van der Waals surface area contributed by atoms with E-state index in [1.165, 1.54) is 18.5 Å². The lowest BCUT2D eigenvalue weighted by Crippen LogP contribution is -2.38. The van der Waals surface area contributed by atoms with Gasteiger partial charge in [0, 0.05) is 24.4 Å². The molecule has 0 amide bonds. The van der Waals surface area contributed by atoms with Gasteiger partial charge in [0.1, 0.15) is 0 Å². The zero-order valence-corrected chi connectivity index (χ0v) is 11.0. The summed E-state index contributed by atoms with van der Waals surface area (Å²) in [4.78, 5) is 4.51. The summed E-state index contributed by atoms with van der Waals surface area (Å²) in [5.74, 6) is 0.580. The van der Waals surface area contributed by atoms with Gasteiger partial charge < -0.3 is 4.74 Å². The Bertz CT molecular complexity index is 334. The zero-order valence-electron chi connectivity index (χ0n) is 11.0. The molecule has 1 aliphatic rings. The van der Waals surface area contributed by atoms with Gasteiger partial charge in [-0.15, -0.1) is 0 Å². The number of hydrogen-bond donors (Lipinski definition) is 0. The van der Waals surface area contributed by atoms with E-state index in [9.17, 15) is 0 Å². The van der Waals surface area contributed by atoms with Gasteiger partial charge in [0.2, 0.25) is 0 Å². The lowest BCUT2D eigenvalue weighted by atomic mass is 9.80. The molecule has 1 aliphatic heterocycles. The van der Waals surface area contributed by atoms with Crippen molar-refractivity contribution in [3.8, 4) is 0 Å². The highest BCUT2D eigenvalue weighted by Gasteiger charge is 2.36. The highest BCUT2D eigenvalue weighted by atomic mass is 16.5. The van der Waals surface area contributed by atoms with Crippen molar-refractivity contribution in [3.05, 3.63) is 30.1 Å². The molecule has 2 nitrogen and oxygen atoms in total. The van der Waals surface area contributed by atoms with Gasteiger partial charge in [0.05, 0.1) is 5.60 Å². The first kappa shape index (κ1) is 12.6. The molecule has 2 heterocycles. The standard InChI is InChI=1S/C15H23NO/c1-3-9-15(4-2)12-13(8-11-17-15)14-7-5-6-10-16-14/h5-7,10,13H,3-4,8-9,11-12H2,1-2H3/t13-,15?/m1/s1. The van der Waals surface area contributed by atoms with E-state index in [0.29, 0.717) is 5.92 Å². The Morgan fingerprint density at radius 1 is 1.41 bits per heavy atom. The predicted octanol–water partition coefficient (Wildman–Crippen LogP) is 3.92. The molecular weight excluding hydrogens is 210 g/mol. The van der Waals surface area contributed by atoms with Gasteiger partial charge in [-0.2, -0.15) is 0 Å². The van der Waals surface area contributed by atoms with Gasteiger partial charge in [-0.1, -0.05) is 26.3 Å². The Kier molecular flexibility index (Phi) is 4.16. The first-order chi connectivity index (χ1) is 8.29. The van der Waals surface area contributed by atoms with E-state index in [1.54, 1.807) is 0 Å². The average molecular weight is 233 g/mol. The maximum absolute atomic E-state index is 6.08. The van der Waals surface area contributed by atoms with Crippen LogP contribution in [0.4, 0.5) is 0 Å². The summed E-state index contributed by atoms with van der Waals surface area (Å²) in [7, 11) is 0. The summed E-state index contributed by atoms with van der Waals surface area (Å²) in [5.41, 5.74) is 1.35. The number of pyridine rings is 1. The van der Waals surface area contributed by atoms with Crippen molar-refractivity contribution in [3.63, 3.8) is 0 Å². The third kappa shape index (κ3) is 2.86. The van der Waals surface area contributed by atoms with Crippen LogP contribution in [0.25, 0.3) is 0 Å². The Hall–Kier alpha value is -0.890. The average Bonchev–Trinajstić information content (AvgIpc) is 2.40. The minimum Gasteiger partial charge on any atom is -0.375 e. The van der Waals surface area contributed by atoms with E-state index in [1.807, 2.05) is 12.3 Å². The van der Waals surface area contributed by atoms with Crippen LogP contribution in [-0.2, 0) is 4.74 Å². The quantitative estimate of drug-likeness (QED) is 0.786. The molecule has 0 radical (unpaired) electrons. The second kappa shape index (κ2) is 5.63. The molecule has 1 unspecified atom stereocenters. The van der Waals surface area contributed by atoms with Crippen LogP contribution in [0.5, 0.6) is 0 Å². The van der Waals surface area contributed by atoms with Crippen LogP contribution in [0.3, 0.4) is 0 Å². The van der Waals surface area contributed by atoms with Crippen LogP contribution in [0, 0.1) is 0 Å². The molecule has 1 saturated heterocycles. The van der Waals surface area contributed by atoms with E-state index in [-0.39, 0.29) is 5.60 Å². The molecule has 1 aromatic heterocycles. The molecule has 1 fully saturated rings. The summed E-state index contributed by atoms with van der Waals surface area (Å²) in [6.45, 7) is 5.37. The van der Waals surface area contributed by atoms with E-state index in [4.69, 9.17) is 4.74 Å². The van der Waals surface area contributed by atoms with Crippen LogP contribution < -0.4 is 0 Å². The van der Waals surface area contributed by atoms with Crippen molar-refractivity contribution in [1.29, 1.82) is 0 Å². The largest absolute Gasteiger partial charge is 0.375 e. The smallest absolute Gasteiger partial charge is 0.0686 e. The van der Waals surface area contributed by atoms with Gasteiger partial charge >= 0.3 is 0 Å². The Morgan fingerprint density at radius 3 is 2.94 bits per heavy atom. The van der Waals surface area contributed by atoms with Gasteiger partial charge in [-0.05, 0) is 37.8 Å². The Balaban J connectivity index is 2.11. The summed E-state index contributed by atoms with van der Waals surface area (Å²) in [6.07, 6.45) is 7.63. The van der Waals surface area contributed by atoms with Crippen molar-refractivity contribution in [2.75, 3.05) is 6.61 Å². The molecule has 0 spiro atoms. The van der Waals surface area contributed by atoms with Crippen LogP contribution in [-0.4, -0.2) is 17.2 Å². The molecule has 0 bridgehead atoms. The van der Waals surface area contributed by atoms with Crippen LogP contribution in [0.1, 0.15) is 57.6 Å². The van der Waals surface area contributed by atoms with Crippen molar-refractivity contribution in [2.45, 2.75) is 57.5 Å². The van der Waals surface area contributed by atoms with Crippen LogP contribution >= 0.6 is 0 Å². The minimum absolute atomic E-state index is 0.106. The van der Waals surface area contributed by atoms with Crippen molar-refractivity contribution in [2.24, 2.45) is 0 Å². The fourth-order valence-corrected chi connectivity index (χ4v) is 2.95. The predicted molar refractivity (Wildman–Crippen MR) is 70.1 cm³/mol. The number of ether oxygens (including phenoxy) is 1. The molecule has 0 saturated carbocycles. The van der Waals surface area contributed by atoms with Crippen LogP contribution in [0.15, 0.2) is 24.4 Å². The molecule has 2 rings (SSSR count). The molecule has 0 aromatic carbocycles. The van der Waals surface area contributed by atoms with Crippen LogP contribution in [0.2, 0.25) is 0 Å². The van der Waals surface area contributed by atoms with Crippen molar-refractivity contribution in [1.82, 2.24) is 4.98 Å². The maximum Gasteiger partial charge on any atom is 0.0686 e. The molecule has 17 heavy (non-hydrogen) atoms. The summed E-state index contributed by atoms with van der Waals surface area (Å²) < 4.78 is 6.08. The molecule has 0 aliphatic carbocycles. The molecule has 0 N–H and O–H groups in total. The van der Waals surface area contributed by atoms with E-state index < -0.39 is 0 Å². The number of rotatable bonds is 4.